The van der Waals surface area contributed by atoms with Crippen molar-refractivity contribution >= 4 is 5.69 Å². The summed E-state index contributed by atoms with van der Waals surface area (Å²) in [5.74, 6) is -1.06. The first-order chi connectivity index (χ1) is 8.04. The molecule has 94 valence electrons. The fraction of sp³-hybridized carbons (Fsp3) is 0.538. The van der Waals surface area contributed by atoms with Gasteiger partial charge in [0.15, 0.2) is 11.6 Å². The Morgan fingerprint density at radius 3 is 2.53 bits per heavy atom. The zero-order valence-electron chi connectivity index (χ0n) is 10.2. The predicted octanol–water partition coefficient (Wildman–Crippen LogP) is 2.66. The number of hydrogen-bond acceptors (Lipinski definition) is 2. The molecule has 0 amide bonds. The quantitative estimate of drug-likeness (QED) is 0.861. The van der Waals surface area contributed by atoms with Gasteiger partial charge in [-0.05, 0) is 25.3 Å². The van der Waals surface area contributed by atoms with E-state index >= 15 is 0 Å². The zero-order valence-corrected chi connectivity index (χ0v) is 10.2. The second-order valence-electron chi connectivity index (χ2n) is 4.92. The molecule has 2 N–H and O–H groups in total. The van der Waals surface area contributed by atoms with Crippen molar-refractivity contribution in [2.45, 2.75) is 32.9 Å². The minimum atomic E-state index is -0.809. The molecule has 1 fully saturated rings. The Bertz CT molecular complexity index is 420. The van der Waals surface area contributed by atoms with E-state index in [1.54, 1.807) is 12.1 Å². The van der Waals surface area contributed by atoms with Crippen LogP contribution in [0, 0.1) is 17.6 Å². The Morgan fingerprint density at radius 2 is 2.00 bits per heavy atom. The van der Waals surface area contributed by atoms with E-state index in [2.05, 4.69) is 6.92 Å². The van der Waals surface area contributed by atoms with Crippen LogP contribution in [0.4, 0.5) is 14.5 Å². The molecule has 0 aromatic heterocycles. The van der Waals surface area contributed by atoms with Crippen molar-refractivity contribution in [1.29, 1.82) is 0 Å². The maximum absolute atomic E-state index is 13.9. The number of nitrogens with two attached hydrogens (primary N) is 1. The van der Waals surface area contributed by atoms with Gasteiger partial charge >= 0.3 is 0 Å². The summed E-state index contributed by atoms with van der Waals surface area (Å²) in [5.41, 5.74) is 5.94. The van der Waals surface area contributed by atoms with Gasteiger partial charge in [-0.1, -0.05) is 13.0 Å². The van der Waals surface area contributed by atoms with Crippen LogP contribution in [0.1, 0.15) is 25.8 Å². The van der Waals surface area contributed by atoms with Crippen LogP contribution in [0.5, 0.6) is 0 Å². The monoisotopic (exact) mass is 240 g/mol. The molecule has 0 spiro atoms. The van der Waals surface area contributed by atoms with Crippen LogP contribution in [0.25, 0.3) is 0 Å². The molecule has 4 heteroatoms. The zero-order chi connectivity index (χ0) is 12.6. The number of anilines is 1. The molecule has 0 radical (unpaired) electrons. The number of rotatable bonds is 2. The first-order valence-electron chi connectivity index (χ1n) is 5.98. The van der Waals surface area contributed by atoms with Gasteiger partial charge in [0, 0.05) is 24.7 Å². The van der Waals surface area contributed by atoms with Crippen LogP contribution >= 0.6 is 0 Å². The van der Waals surface area contributed by atoms with Gasteiger partial charge in [-0.25, -0.2) is 8.78 Å². The van der Waals surface area contributed by atoms with Crippen LogP contribution in [0.2, 0.25) is 0 Å². The first kappa shape index (κ1) is 12.3. The van der Waals surface area contributed by atoms with Crippen molar-refractivity contribution < 1.29 is 8.78 Å². The molecule has 17 heavy (non-hydrogen) atoms. The van der Waals surface area contributed by atoms with Crippen molar-refractivity contribution in [3.8, 4) is 0 Å². The Hall–Kier alpha value is -1.16. The fourth-order valence-corrected chi connectivity index (χ4v) is 2.59. The molecule has 2 rings (SSSR count). The highest BCUT2D eigenvalue weighted by Crippen LogP contribution is 2.32. The highest BCUT2D eigenvalue weighted by molar-refractivity contribution is 5.51. The maximum atomic E-state index is 13.9. The molecule has 0 saturated carbocycles. The Balaban J connectivity index is 2.37. The Labute approximate surface area is 100 Å². The molecule has 2 unspecified atom stereocenters. The average Bonchev–Trinajstić information content (AvgIpc) is 2.62. The molecular weight excluding hydrogens is 222 g/mol. The summed E-state index contributed by atoms with van der Waals surface area (Å²) in [6.07, 6.45) is 1.01. The third-order valence-corrected chi connectivity index (χ3v) is 3.46. The first-order valence-corrected chi connectivity index (χ1v) is 5.98. The largest absolute Gasteiger partial charge is 0.366 e. The second-order valence-corrected chi connectivity index (χ2v) is 4.92. The lowest BCUT2D eigenvalue weighted by Gasteiger charge is -2.24. The third kappa shape index (κ3) is 2.14. The molecule has 1 aromatic carbocycles. The maximum Gasteiger partial charge on any atom is 0.182 e. The van der Waals surface area contributed by atoms with Gasteiger partial charge in [-0.2, -0.15) is 0 Å². The molecule has 0 aliphatic carbocycles. The lowest BCUT2D eigenvalue weighted by Crippen LogP contribution is -2.28. The standard InChI is InChI=1S/C13H18F2N2/c1-8-5-9(2)17(7-8)11-4-3-10(6-16)12(14)13(11)15/h3-4,8-9H,5-7,16H2,1-2H3. The van der Waals surface area contributed by atoms with Gasteiger partial charge in [0.25, 0.3) is 0 Å². The Kier molecular flexibility index (Phi) is 3.33. The summed E-state index contributed by atoms with van der Waals surface area (Å²) < 4.78 is 27.6. The van der Waals surface area contributed by atoms with Crippen LogP contribution in [0.3, 0.4) is 0 Å². The number of halogens is 2. The lowest BCUT2D eigenvalue weighted by atomic mass is 10.1. The van der Waals surface area contributed by atoms with Gasteiger partial charge in [-0.3, -0.25) is 0 Å². The highest BCUT2D eigenvalue weighted by Gasteiger charge is 2.29. The molecule has 1 aliphatic heterocycles. The second kappa shape index (κ2) is 4.61. The van der Waals surface area contributed by atoms with E-state index in [1.807, 2.05) is 11.8 Å². The molecule has 2 atom stereocenters. The smallest absolute Gasteiger partial charge is 0.182 e. The van der Waals surface area contributed by atoms with Crippen LogP contribution in [-0.2, 0) is 6.54 Å². The Morgan fingerprint density at radius 1 is 1.29 bits per heavy atom. The van der Waals surface area contributed by atoms with Crippen molar-refractivity contribution in [2.24, 2.45) is 11.7 Å². The molecule has 1 aromatic rings. The number of nitrogens with zero attached hydrogens (tertiary/aromatic N) is 1. The lowest BCUT2D eigenvalue weighted by molar-refractivity contribution is 0.496. The van der Waals surface area contributed by atoms with E-state index in [0.29, 0.717) is 11.6 Å². The van der Waals surface area contributed by atoms with Gasteiger partial charge in [0.2, 0.25) is 0 Å². The summed E-state index contributed by atoms with van der Waals surface area (Å²) in [6, 6.07) is 3.46. The minimum absolute atomic E-state index is 0.0228. The van der Waals surface area contributed by atoms with Crippen molar-refractivity contribution in [1.82, 2.24) is 0 Å². The summed E-state index contributed by atoms with van der Waals surface area (Å²) in [5, 5.41) is 0. The predicted molar refractivity (Wildman–Crippen MR) is 64.8 cm³/mol. The van der Waals surface area contributed by atoms with Gasteiger partial charge in [0.1, 0.15) is 0 Å². The SMILES string of the molecule is CC1CC(C)N(c2ccc(CN)c(F)c2F)C1. The van der Waals surface area contributed by atoms with Crippen molar-refractivity contribution in [2.75, 3.05) is 11.4 Å². The fourth-order valence-electron chi connectivity index (χ4n) is 2.59. The van der Waals surface area contributed by atoms with Crippen molar-refractivity contribution in [3.05, 3.63) is 29.3 Å². The van der Waals surface area contributed by atoms with E-state index in [4.69, 9.17) is 5.73 Å². The topological polar surface area (TPSA) is 29.3 Å². The van der Waals surface area contributed by atoms with Gasteiger partial charge < -0.3 is 10.6 Å². The van der Waals surface area contributed by atoms with Gasteiger partial charge in [-0.15, -0.1) is 0 Å². The third-order valence-electron chi connectivity index (χ3n) is 3.46. The molecule has 1 saturated heterocycles. The van der Waals surface area contributed by atoms with Crippen molar-refractivity contribution in [3.63, 3.8) is 0 Å². The van der Waals surface area contributed by atoms with Crippen LogP contribution in [0.15, 0.2) is 12.1 Å². The summed E-state index contributed by atoms with van der Waals surface area (Å²) in [4.78, 5) is 1.93. The number of hydrogen-bond donors (Lipinski definition) is 1. The molecule has 2 nitrogen and oxygen atoms in total. The molecule has 1 aliphatic rings. The van der Waals surface area contributed by atoms with Crippen LogP contribution < -0.4 is 10.6 Å². The molecule has 0 bridgehead atoms. The highest BCUT2D eigenvalue weighted by atomic mass is 19.2. The van der Waals surface area contributed by atoms with Crippen LogP contribution in [-0.4, -0.2) is 12.6 Å². The minimum Gasteiger partial charge on any atom is -0.366 e. The normalized spacial score (nSPS) is 24.4. The van der Waals surface area contributed by atoms with E-state index in [-0.39, 0.29) is 18.2 Å². The molecular formula is C13H18F2N2. The average molecular weight is 240 g/mol. The summed E-state index contributed by atoms with van der Waals surface area (Å²) in [7, 11) is 0. The van der Waals surface area contributed by atoms with E-state index in [9.17, 15) is 8.78 Å². The van der Waals surface area contributed by atoms with E-state index in [1.165, 1.54) is 0 Å². The summed E-state index contributed by atoms with van der Waals surface area (Å²) in [6.45, 7) is 4.96. The van der Waals surface area contributed by atoms with Gasteiger partial charge in [0.05, 0.1) is 5.69 Å². The van der Waals surface area contributed by atoms with E-state index in [0.717, 1.165) is 13.0 Å². The number of benzene rings is 1. The summed E-state index contributed by atoms with van der Waals surface area (Å²) >= 11 is 0. The van der Waals surface area contributed by atoms with E-state index < -0.39 is 11.6 Å². The molecule has 1 heterocycles.